The summed E-state index contributed by atoms with van der Waals surface area (Å²) in [6, 6.07) is 10.1. The lowest BCUT2D eigenvalue weighted by Crippen LogP contribution is -2.49. The molecule has 3 unspecified atom stereocenters. The lowest BCUT2D eigenvalue weighted by molar-refractivity contribution is 0.152. The van der Waals surface area contributed by atoms with E-state index in [4.69, 9.17) is 16.3 Å². The second-order valence-corrected chi connectivity index (χ2v) is 9.71. The first kappa shape index (κ1) is 18.2. The second kappa shape index (κ2) is 6.74. The van der Waals surface area contributed by atoms with Crippen LogP contribution in [0.3, 0.4) is 0 Å². The molecule has 0 aromatic heterocycles. The van der Waals surface area contributed by atoms with Gasteiger partial charge in [-0.05, 0) is 55.7 Å². The zero-order chi connectivity index (χ0) is 18.5. The van der Waals surface area contributed by atoms with E-state index in [1.807, 2.05) is 0 Å². The Morgan fingerprint density at radius 1 is 1.27 bits per heavy atom. The number of allylic oxidation sites excluding steroid dienone is 1. The Labute approximate surface area is 162 Å². The molecule has 0 N–H and O–H groups in total. The van der Waals surface area contributed by atoms with Crippen LogP contribution in [0.4, 0.5) is 4.39 Å². The van der Waals surface area contributed by atoms with E-state index in [1.54, 1.807) is 30.3 Å². The van der Waals surface area contributed by atoms with Crippen LogP contribution in [0.15, 0.2) is 53.4 Å². The molecule has 0 bridgehead atoms. The van der Waals surface area contributed by atoms with E-state index in [0.29, 0.717) is 40.7 Å². The fraction of sp³-hybridized carbons (Fsp3) is 0.300. The van der Waals surface area contributed by atoms with Gasteiger partial charge in [-0.1, -0.05) is 23.8 Å². The minimum Gasteiger partial charge on any atom is -0.492 e. The Morgan fingerprint density at radius 2 is 2.00 bits per heavy atom. The quantitative estimate of drug-likeness (QED) is 0.530. The van der Waals surface area contributed by atoms with E-state index >= 15 is 4.39 Å². The molecule has 0 saturated heterocycles. The van der Waals surface area contributed by atoms with Crippen LogP contribution in [0.2, 0.25) is 5.02 Å². The molecule has 6 heteroatoms. The van der Waals surface area contributed by atoms with Gasteiger partial charge in [0.2, 0.25) is 0 Å². The fourth-order valence-electron chi connectivity index (χ4n) is 4.12. The summed E-state index contributed by atoms with van der Waals surface area (Å²) in [6.45, 7) is 4.52. The van der Waals surface area contributed by atoms with E-state index in [-0.39, 0.29) is 11.7 Å². The molecule has 26 heavy (non-hydrogen) atoms. The van der Waals surface area contributed by atoms with Gasteiger partial charge in [-0.3, -0.25) is 4.21 Å². The van der Waals surface area contributed by atoms with Gasteiger partial charge < -0.3 is 4.74 Å². The number of ether oxygens (including phenoxy) is 1. The van der Waals surface area contributed by atoms with Gasteiger partial charge in [0, 0.05) is 26.7 Å². The number of fused-ring (bicyclic) bond motifs is 3. The molecule has 0 radical (unpaired) electrons. The van der Waals surface area contributed by atoms with Crippen molar-refractivity contribution in [2.24, 2.45) is 5.92 Å². The molecular formula is C20H19ClFO2PS. The number of benzene rings is 2. The molecule has 4 atom stereocenters. The van der Waals surface area contributed by atoms with Crippen LogP contribution in [0.25, 0.3) is 0 Å². The van der Waals surface area contributed by atoms with Gasteiger partial charge >= 0.3 is 0 Å². The highest BCUT2D eigenvalue weighted by molar-refractivity contribution is 7.86. The summed E-state index contributed by atoms with van der Waals surface area (Å²) >= 11 is 5.99. The zero-order valence-corrected chi connectivity index (χ0v) is 16.9. The third-order valence-electron chi connectivity index (χ3n) is 5.39. The summed E-state index contributed by atoms with van der Waals surface area (Å²) < 4.78 is 34.0. The van der Waals surface area contributed by atoms with Crippen LogP contribution < -0.4 is 10.0 Å². The van der Waals surface area contributed by atoms with Crippen LogP contribution in [-0.2, 0) is 15.5 Å². The Hall–Kier alpha value is -1.22. The number of hydrogen-bond donors (Lipinski definition) is 0. The SMILES string of the molecule is C=C1CC[C@@]2(S(=O)c3ccc(Cl)cc3)c3c(F)ccc(P)c3OCC2C1. The number of hydrogen-bond acceptors (Lipinski definition) is 2. The Morgan fingerprint density at radius 3 is 2.73 bits per heavy atom. The molecule has 1 aliphatic heterocycles. The number of rotatable bonds is 2. The van der Waals surface area contributed by atoms with Crippen molar-refractivity contribution in [1.29, 1.82) is 0 Å². The van der Waals surface area contributed by atoms with Gasteiger partial charge in [0.15, 0.2) is 0 Å². The average Bonchev–Trinajstić information content (AvgIpc) is 2.64. The van der Waals surface area contributed by atoms with E-state index in [0.717, 1.165) is 17.3 Å². The monoisotopic (exact) mass is 408 g/mol. The van der Waals surface area contributed by atoms with Crippen LogP contribution in [0.1, 0.15) is 24.8 Å². The van der Waals surface area contributed by atoms with Crippen molar-refractivity contribution in [3.05, 3.63) is 65.0 Å². The molecule has 1 fully saturated rings. The summed E-state index contributed by atoms with van der Waals surface area (Å²) in [5.41, 5.74) is 1.55. The van der Waals surface area contributed by atoms with E-state index in [9.17, 15) is 4.21 Å². The van der Waals surface area contributed by atoms with Crippen molar-refractivity contribution in [3.63, 3.8) is 0 Å². The summed E-state index contributed by atoms with van der Waals surface area (Å²) in [5.74, 6) is 0.0841. The topological polar surface area (TPSA) is 26.3 Å². The van der Waals surface area contributed by atoms with Crippen LogP contribution in [-0.4, -0.2) is 10.8 Å². The molecule has 4 rings (SSSR count). The highest BCUT2D eigenvalue weighted by Crippen LogP contribution is 2.55. The van der Waals surface area contributed by atoms with E-state index in [1.165, 1.54) is 6.07 Å². The maximum absolute atomic E-state index is 15.0. The highest BCUT2D eigenvalue weighted by Gasteiger charge is 2.54. The molecule has 1 aliphatic carbocycles. The van der Waals surface area contributed by atoms with Gasteiger partial charge in [0.1, 0.15) is 11.6 Å². The second-order valence-electron chi connectivity index (χ2n) is 6.91. The van der Waals surface area contributed by atoms with Crippen molar-refractivity contribution in [3.8, 4) is 5.75 Å². The summed E-state index contributed by atoms with van der Waals surface area (Å²) in [6.07, 6.45) is 2.02. The minimum absolute atomic E-state index is 0.0749. The van der Waals surface area contributed by atoms with Gasteiger partial charge in [-0.2, -0.15) is 0 Å². The van der Waals surface area contributed by atoms with Crippen molar-refractivity contribution in [2.45, 2.75) is 28.9 Å². The molecule has 1 saturated carbocycles. The predicted molar refractivity (Wildman–Crippen MR) is 107 cm³/mol. The van der Waals surface area contributed by atoms with Crippen molar-refractivity contribution in [1.82, 2.24) is 0 Å². The van der Waals surface area contributed by atoms with Crippen molar-refractivity contribution >= 4 is 36.9 Å². The van der Waals surface area contributed by atoms with Crippen molar-refractivity contribution < 1.29 is 13.3 Å². The van der Waals surface area contributed by atoms with Crippen LogP contribution in [0, 0.1) is 11.7 Å². The lowest BCUT2D eigenvalue weighted by atomic mass is 9.71. The zero-order valence-electron chi connectivity index (χ0n) is 14.1. The van der Waals surface area contributed by atoms with Crippen LogP contribution in [0.5, 0.6) is 5.75 Å². The summed E-state index contributed by atoms with van der Waals surface area (Å²) in [7, 11) is 1.15. The smallest absolute Gasteiger partial charge is 0.134 e. The van der Waals surface area contributed by atoms with Gasteiger partial charge in [-0.25, -0.2) is 4.39 Å². The molecule has 136 valence electrons. The molecule has 0 spiro atoms. The van der Waals surface area contributed by atoms with Gasteiger partial charge in [0.05, 0.1) is 22.2 Å². The molecule has 0 amide bonds. The van der Waals surface area contributed by atoms with Crippen LogP contribution >= 0.6 is 20.8 Å². The Kier molecular flexibility index (Phi) is 4.71. The fourth-order valence-corrected chi connectivity index (χ4v) is 6.49. The summed E-state index contributed by atoms with van der Waals surface area (Å²) in [5, 5.41) is 1.37. The summed E-state index contributed by atoms with van der Waals surface area (Å²) in [4.78, 5) is 0.660. The third-order valence-corrected chi connectivity index (χ3v) is 8.20. The predicted octanol–water partition coefficient (Wildman–Crippen LogP) is 4.73. The molecule has 2 nitrogen and oxygen atoms in total. The first-order valence-corrected chi connectivity index (χ1v) is 10.6. The number of halogens is 2. The normalized spacial score (nSPS) is 25.8. The molecule has 1 heterocycles. The molecule has 2 aromatic rings. The third kappa shape index (κ3) is 2.74. The molecular weight excluding hydrogens is 390 g/mol. The van der Waals surface area contributed by atoms with E-state index in [2.05, 4.69) is 15.8 Å². The molecule has 2 aliphatic rings. The Balaban J connectivity index is 1.95. The largest absolute Gasteiger partial charge is 0.492 e. The maximum Gasteiger partial charge on any atom is 0.134 e. The highest BCUT2D eigenvalue weighted by atomic mass is 35.5. The lowest BCUT2D eigenvalue weighted by Gasteiger charge is -2.48. The molecule has 2 aromatic carbocycles. The van der Waals surface area contributed by atoms with Crippen molar-refractivity contribution in [2.75, 3.05) is 6.61 Å². The standard InChI is InChI=1S/C20H19ClFO2PS/c1-12-8-9-20(26(23)15-4-2-14(21)3-5-15)13(10-12)11-24-19-17(25)7-6-16(22)18(19)20/h2-7,13H,1,8-11,25H2/t13?,20-,26?/m0/s1. The average molecular weight is 409 g/mol. The first-order chi connectivity index (χ1) is 12.4. The van der Waals surface area contributed by atoms with E-state index < -0.39 is 15.5 Å². The first-order valence-electron chi connectivity index (χ1n) is 8.49. The minimum atomic E-state index is -1.44. The van der Waals surface area contributed by atoms with Gasteiger partial charge in [0.25, 0.3) is 0 Å². The maximum atomic E-state index is 15.0. The Bertz CT molecular complexity index is 915. The van der Waals surface area contributed by atoms with Gasteiger partial charge in [-0.15, -0.1) is 9.24 Å².